The minimum Gasteiger partial charge on any atom is -0.381 e. The summed E-state index contributed by atoms with van der Waals surface area (Å²) in [6, 6.07) is 0. The van der Waals surface area contributed by atoms with Gasteiger partial charge in [0, 0.05) is 36.5 Å². The standard InChI is InChI=1S/C13H24N2.C11H19NO.C6H11NO/c1-5-10(2)7-6-8-11(3)13-9-14-12(4)15-13;1-4-8(2)11(9(3)12)5-10-6-13-7-10;1-5-2-3-6(8)7-4-5/h9-11H,5-8H2,1-4H3,(H,14,15);10,12H,4-7H2,1-3H3;5H,2-4H2,1H3,(H,7,8). The lowest BCUT2D eigenvalue weighted by Gasteiger charge is -2.27. The van der Waals surface area contributed by atoms with Crippen molar-refractivity contribution >= 4 is 11.6 Å². The van der Waals surface area contributed by atoms with Gasteiger partial charge in [0.25, 0.3) is 0 Å². The molecule has 6 heteroatoms. The Kier molecular flexibility index (Phi) is 15.6. The molecular weight excluding hydrogens is 448 g/mol. The summed E-state index contributed by atoms with van der Waals surface area (Å²) in [5.74, 6) is 4.09. The lowest BCUT2D eigenvalue weighted by atomic mass is 9.91. The Morgan fingerprint density at radius 3 is 2.33 bits per heavy atom. The fourth-order valence-corrected chi connectivity index (χ4v) is 4.23. The van der Waals surface area contributed by atoms with Crippen molar-refractivity contribution in [1.82, 2.24) is 15.3 Å². The molecule has 2 fully saturated rings. The summed E-state index contributed by atoms with van der Waals surface area (Å²) < 4.78 is 5.14. The van der Waals surface area contributed by atoms with E-state index in [1.54, 1.807) is 0 Å². The van der Waals surface area contributed by atoms with Crippen LogP contribution < -0.4 is 5.32 Å². The van der Waals surface area contributed by atoms with Crippen molar-refractivity contribution in [3.8, 4) is 0 Å². The number of carbonyl (C=O) groups is 1. The third-order valence-corrected chi connectivity index (χ3v) is 7.49. The Morgan fingerprint density at radius 2 is 1.92 bits per heavy atom. The van der Waals surface area contributed by atoms with Crippen molar-refractivity contribution in [1.29, 1.82) is 5.41 Å². The highest BCUT2D eigenvalue weighted by Crippen LogP contribution is 2.24. The molecule has 36 heavy (non-hydrogen) atoms. The summed E-state index contributed by atoms with van der Waals surface area (Å²) in [5.41, 5.74) is 4.62. The molecule has 0 radical (unpaired) electrons. The van der Waals surface area contributed by atoms with Crippen LogP contribution in [0, 0.1) is 30.1 Å². The van der Waals surface area contributed by atoms with Crippen LogP contribution in [-0.4, -0.2) is 41.3 Å². The van der Waals surface area contributed by atoms with Crippen molar-refractivity contribution in [2.24, 2.45) is 17.8 Å². The van der Waals surface area contributed by atoms with Gasteiger partial charge in [-0.1, -0.05) is 59.5 Å². The number of piperidine rings is 1. The Hall–Kier alpha value is -1.95. The largest absolute Gasteiger partial charge is 0.381 e. The van der Waals surface area contributed by atoms with Crippen molar-refractivity contribution in [2.75, 3.05) is 19.8 Å². The van der Waals surface area contributed by atoms with Gasteiger partial charge < -0.3 is 20.4 Å². The molecule has 0 aliphatic carbocycles. The first-order chi connectivity index (χ1) is 17.1. The van der Waals surface area contributed by atoms with Gasteiger partial charge in [0.2, 0.25) is 5.91 Å². The Balaban J connectivity index is 0.000000282. The van der Waals surface area contributed by atoms with Crippen molar-refractivity contribution < 1.29 is 9.53 Å². The third-order valence-electron chi connectivity index (χ3n) is 7.49. The molecule has 6 nitrogen and oxygen atoms in total. The van der Waals surface area contributed by atoms with Crippen LogP contribution in [0.15, 0.2) is 17.3 Å². The number of amides is 1. The number of allylic oxidation sites excluding steroid dienone is 2. The summed E-state index contributed by atoms with van der Waals surface area (Å²) >= 11 is 0. The minimum absolute atomic E-state index is 0.211. The zero-order valence-corrected chi connectivity index (χ0v) is 24.4. The summed E-state index contributed by atoms with van der Waals surface area (Å²) in [7, 11) is 0. The molecule has 3 heterocycles. The van der Waals surface area contributed by atoms with Gasteiger partial charge in [-0.15, -0.1) is 0 Å². The lowest BCUT2D eigenvalue weighted by molar-refractivity contribution is -0.122. The summed E-state index contributed by atoms with van der Waals surface area (Å²) in [5, 5.41) is 10.5. The molecule has 1 aromatic rings. The molecular formula is C30H54N4O2. The van der Waals surface area contributed by atoms with E-state index in [1.165, 1.54) is 42.5 Å². The molecule has 2 saturated heterocycles. The van der Waals surface area contributed by atoms with Gasteiger partial charge in [0.05, 0.1) is 13.2 Å². The normalized spacial score (nSPS) is 19.9. The highest BCUT2D eigenvalue weighted by molar-refractivity contribution is 5.96. The van der Waals surface area contributed by atoms with Crippen LogP contribution >= 0.6 is 0 Å². The van der Waals surface area contributed by atoms with E-state index in [9.17, 15) is 4.79 Å². The number of hydrogen-bond acceptors (Lipinski definition) is 4. The molecule has 0 bridgehead atoms. The highest BCUT2D eigenvalue weighted by Gasteiger charge is 2.21. The molecule has 3 atom stereocenters. The van der Waals surface area contributed by atoms with Crippen molar-refractivity contribution in [3.05, 3.63) is 28.9 Å². The summed E-state index contributed by atoms with van der Waals surface area (Å²) in [6.07, 6.45) is 11.1. The quantitative estimate of drug-likeness (QED) is 0.292. The second kappa shape index (κ2) is 17.5. The van der Waals surface area contributed by atoms with Crippen LogP contribution in [0.25, 0.3) is 0 Å². The van der Waals surface area contributed by atoms with Crippen molar-refractivity contribution in [2.45, 2.75) is 113 Å². The smallest absolute Gasteiger partial charge is 0.220 e. The van der Waals surface area contributed by atoms with Crippen molar-refractivity contribution in [3.63, 3.8) is 0 Å². The predicted octanol–water partition coefficient (Wildman–Crippen LogP) is 7.36. The van der Waals surface area contributed by atoms with Crippen LogP contribution in [-0.2, 0) is 9.53 Å². The molecule has 2 aliphatic heterocycles. The number of aryl methyl sites for hydroxylation is 1. The zero-order chi connectivity index (χ0) is 27.1. The van der Waals surface area contributed by atoms with Gasteiger partial charge in [-0.25, -0.2) is 4.98 Å². The molecule has 1 amide bonds. The van der Waals surface area contributed by atoms with E-state index in [1.807, 2.05) is 20.0 Å². The van der Waals surface area contributed by atoms with Gasteiger partial charge in [0.1, 0.15) is 5.82 Å². The number of ether oxygens (including phenoxy) is 1. The maximum atomic E-state index is 10.5. The number of imidazole rings is 1. The number of carbonyl (C=O) groups excluding carboxylic acids is 1. The highest BCUT2D eigenvalue weighted by atomic mass is 16.5. The molecule has 0 aromatic carbocycles. The summed E-state index contributed by atoms with van der Waals surface area (Å²) in [4.78, 5) is 18.1. The molecule has 1 aromatic heterocycles. The van der Waals surface area contributed by atoms with Gasteiger partial charge in [-0.05, 0) is 69.8 Å². The molecule has 2 aliphatic rings. The molecule has 3 unspecified atom stereocenters. The molecule has 0 saturated carbocycles. The number of aromatic nitrogens is 2. The number of H-pyrrole nitrogens is 1. The number of nitrogens with zero attached hydrogens (tertiary/aromatic N) is 1. The Bertz CT molecular complexity index is 800. The average molecular weight is 503 g/mol. The number of nitrogens with one attached hydrogen (secondary N) is 3. The molecule has 3 rings (SSSR count). The predicted molar refractivity (Wildman–Crippen MR) is 152 cm³/mol. The number of rotatable bonds is 10. The molecule has 3 N–H and O–H groups in total. The summed E-state index contributed by atoms with van der Waals surface area (Å²) in [6.45, 7) is 19.9. The first-order valence-corrected chi connectivity index (χ1v) is 14.2. The topological polar surface area (TPSA) is 90.9 Å². The maximum absolute atomic E-state index is 10.5. The first-order valence-electron chi connectivity index (χ1n) is 14.2. The fourth-order valence-electron chi connectivity index (χ4n) is 4.23. The van der Waals surface area contributed by atoms with Gasteiger partial charge in [0.15, 0.2) is 0 Å². The third kappa shape index (κ3) is 12.8. The number of hydrogen-bond donors (Lipinski definition) is 3. The van der Waals surface area contributed by atoms with E-state index in [4.69, 9.17) is 10.1 Å². The first kappa shape index (κ1) is 32.1. The maximum Gasteiger partial charge on any atom is 0.220 e. The SMILES string of the molecule is CC1CCC(=O)NC1.CCC(C)=C(CC1COC1)C(C)=N.CCC(C)CCCC(C)c1cnc(C)[nH]1. The van der Waals surface area contributed by atoms with Crippen LogP contribution in [0.4, 0.5) is 0 Å². The number of aromatic amines is 1. The van der Waals surface area contributed by atoms with E-state index in [0.29, 0.717) is 17.8 Å². The van der Waals surface area contributed by atoms with E-state index in [0.717, 1.165) is 62.9 Å². The second-order valence-electron chi connectivity index (χ2n) is 11.1. The molecule has 206 valence electrons. The second-order valence-corrected chi connectivity index (χ2v) is 11.1. The monoisotopic (exact) mass is 502 g/mol. The van der Waals surface area contributed by atoms with E-state index in [-0.39, 0.29) is 5.91 Å². The van der Waals surface area contributed by atoms with Gasteiger partial charge in [-0.3, -0.25) is 4.79 Å². The Labute approximate surface area is 221 Å². The lowest BCUT2D eigenvalue weighted by Crippen LogP contribution is -2.33. The fraction of sp³-hybridized carbons (Fsp3) is 0.767. The van der Waals surface area contributed by atoms with E-state index >= 15 is 0 Å². The van der Waals surface area contributed by atoms with Crippen LogP contribution in [0.5, 0.6) is 0 Å². The van der Waals surface area contributed by atoms with Crippen LogP contribution in [0.1, 0.15) is 117 Å². The van der Waals surface area contributed by atoms with E-state index in [2.05, 4.69) is 56.8 Å². The average Bonchev–Trinajstić information content (AvgIpc) is 3.26. The van der Waals surface area contributed by atoms with E-state index < -0.39 is 0 Å². The Morgan fingerprint density at radius 1 is 1.22 bits per heavy atom. The molecule has 0 spiro atoms. The van der Waals surface area contributed by atoms with Gasteiger partial charge >= 0.3 is 0 Å². The van der Waals surface area contributed by atoms with Crippen LogP contribution in [0.2, 0.25) is 0 Å². The zero-order valence-electron chi connectivity index (χ0n) is 24.4. The minimum atomic E-state index is 0.211. The van der Waals surface area contributed by atoms with Gasteiger partial charge in [-0.2, -0.15) is 0 Å². The van der Waals surface area contributed by atoms with Crippen LogP contribution in [0.3, 0.4) is 0 Å².